The van der Waals surface area contributed by atoms with E-state index in [2.05, 4.69) is 17.6 Å². The Morgan fingerprint density at radius 3 is 2.21 bits per heavy atom. The summed E-state index contributed by atoms with van der Waals surface area (Å²) in [6, 6.07) is 7.32. The average molecular weight is 329 g/mol. The first-order chi connectivity index (χ1) is 11.5. The molecule has 1 atom stereocenters. The summed E-state index contributed by atoms with van der Waals surface area (Å²) in [4.78, 5) is 26.2. The fourth-order valence-corrected chi connectivity index (χ4v) is 3.05. The van der Waals surface area contributed by atoms with Crippen LogP contribution in [0.5, 0.6) is 0 Å². The average Bonchev–Trinajstić information content (AvgIpc) is 3.41. The molecule has 1 heterocycles. The molecule has 2 N–H and O–H groups in total. The molecular weight excluding hydrogens is 302 g/mol. The number of anilines is 2. The van der Waals surface area contributed by atoms with Gasteiger partial charge in [-0.3, -0.25) is 9.59 Å². The van der Waals surface area contributed by atoms with Gasteiger partial charge in [-0.2, -0.15) is 0 Å². The summed E-state index contributed by atoms with van der Waals surface area (Å²) >= 11 is 0. The third-order valence-corrected chi connectivity index (χ3v) is 4.95. The van der Waals surface area contributed by atoms with Crippen LogP contribution in [0.1, 0.15) is 39.5 Å². The van der Waals surface area contributed by atoms with Crippen LogP contribution in [0.4, 0.5) is 11.4 Å². The second-order valence-electron chi connectivity index (χ2n) is 7.21. The lowest BCUT2D eigenvalue weighted by atomic mass is 9.99. The molecule has 1 saturated carbocycles. The van der Waals surface area contributed by atoms with Crippen molar-refractivity contribution in [1.82, 2.24) is 4.90 Å². The van der Waals surface area contributed by atoms with Gasteiger partial charge in [-0.1, -0.05) is 6.92 Å². The van der Waals surface area contributed by atoms with E-state index in [0.717, 1.165) is 56.1 Å². The van der Waals surface area contributed by atoms with E-state index in [4.69, 9.17) is 0 Å². The molecular formula is C19H27N3O2. The predicted molar refractivity (Wildman–Crippen MR) is 95.9 cm³/mol. The fourth-order valence-electron chi connectivity index (χ4n) is 3.05. The molecule has 1 saturated heterocycles. The number of piperidine rings is 1. The van der Waals surface area contributed by atoms with Crippen LogP contribution in [-0.4, -0.2) is 35.8 Å². The number of carbonyl (C=O) groups excluding carboxylic acids is 2. The van der Waals surface area contributed by atoms with Gasteiger partial charge < -0.3 is 15.5 Å². The van der Waals surface area contributed by atoms with E-state index in [1.807, 2.05) is 36.1 Å². The Kier molecular flexibility index (Phi) is 5.07. The van der Waals surface area contributed by atoms with Gasteiger partial charge in [0.15, 0.2) is 0 Å². The number of benzene rings is 1. The lowest BCUT2D eigenvalue weighted by Crippen LogP contribution is -2.45. The molecule has 0 bridgehead atoms. The third kappa shape index (κ3) is 4.28. The van der Waals surface area contributed by atoms with Gasteiger partial charge in [0.2, 0.25) is 11.8 Å². The van der Waals surface area contributed by atoms with Crippen molar-refractivity contribution >= 4 is 23.2 Å². The number of nitrogens with zero attached hydrogens (tertiary/aromatic N) is 1. The molecule has 24 heavy (non-hydrogen) atoms. The second-order valence-corrected chi connectivity index (χ2v) is 7.21. The van der Waals surface area contributed by atoms with Gasteiger partial charge in [-0.15, -0.1) is 0 Å². The van der Waals surface area contributed by atoms with Crippen LogP contribution in [0.3, 0.4) is 0 Å². The highest BCUT2D eigenvalue weighted by molar-refractivity contribution is 5.94. The molecule has 2 fully saturated rings. The van der Waals surface area contributed by atoms with Gasteiger partial charge in [-0.05, 0) is 62.8 Å². The summed E-state index contributed by atoms with van der Waals surface area (Å²) in [5.41, 5.74) is 1.70. The molecule has 130 valence electrons. The number of nitrogens with one attached hydrogen (secondary N) is 2. The van der Waals surface area contributed by atoms with Crippen molar-refractivity contribution in [2.75, 3.05) is 23.7 Å². The molecule has 0 spiro atoms. The number of amides is 2. The van der Waals surface area contributed by atoms with E-state index >= 15 is 0 Å². The zero-order chi connectivity index (χ0) is 17.1. The topological polar surface area (TPSA) is 61.4 Å². The van der Waals surface area contributed by atoms with E-state index in [-0.39, 0.29) is 23.8 Å². The summed E-state index contributed by atoms with van der Waals surface area (Å²) in [5, 5.41) is 6.18. The van der Waals surface area contributed by atoms with Gasteiger partial charge in [0.05, 0.1) is 0 Å². The van der Waals surface area contributed by atoms with Crippen molar-refractivity contribution in [2.24, 2.45) is 11.8 Å². The van der Waals surface area contributed by atoms with E-state index in [1.165, 1.54) is 0 Å². The lowest BCUT2D eigenvalue weighted by molar-refractivity contribution is -0.133. The van der Waals surface area contributed by atoms with Crippen LogP contribution in [0.2, 0.25) is 0 Å². The maximum absolute atomic E-state index is 12.5. The van der Waals surface area contributed by atoms with Gasteiger partial charge in [0, 0.05) is 30.4 Å². The quantitative estimate of drug-likeness (QED) is 0.872. The predicted octanol–water partition coefficient (Wildman–Crippen LogP) is 3.09. The van der Waals surface area contributed by atoms with E-state index in [0.29, 0.717) is 0 Å². The Balaban J connectivity index is 1.51. The Morgan fingerprint density at radius 1 is 1.04 bits per heavy atom. The molecule has 1 aliphatic heterocycles. The monoisotopic (exact) mass is 329 g/mol. The van der Waals surface area contributed by atoms with Gasteiger partial charge in [0.25, 0.3) is 0 Å². The highest BCUT2D eigenvalue weighted by Crippen LogP contribution is 2.30. The van der Waals surface area contributed by atoms with E-state index < -0.39 is 0 Å². The Labute approximate surface area is 143 Å². The summed E-state index contributed by atoms with van der Waals surface area (Å²) in [5.74, 6) is 1.19. The van der Waals surface area contributed by atoms with Crippen LogP contribution in [-0.2, 0) is 9.59 Å². The van der Waals surface area contributed by atoms with Crippen molar-refractivity contribution < 1.29 is 9.59 Å². The first kappa shape index (κ1) is 16.8. The highest BCUT2D eigenvalue weighted by Gasteiger charge is 2.29. The van der Waals surface area contributed by atoms with Crippen molar-refractivity contribution in [3.8, 4) is 0 Å². The number of hydrogen-bond donors (Lipinski definition) is 2. The van der Waals surface area contributed by atoms with Crippen LogP contribution in [0, 0.1) is 11.8 Å². The maximum atomic E-state index is 12.5. The number of rotatable bonds is 5. The Hall–Kier alpha value is -2.04. The second kappa shape index (κ2) is 7.24. The minimum Gasteiger partial charge on any atom is -0.374 e. The zero-order valence-electron chi connectivity index (χ0n) is 14.5. The molecule has 2 amide bonds. The molecule has 3 rings (SSSR count). The Morgan fingerprint density at radius 2 is 1.62 bits per heavy atom. The maximum Gasteiger partial charge on any atom is 0.244 e. The third-order valence-electron chi connectivity index (χ3n) is 4.95. The molecule has 1 aromatic rings. The standard InChI is InChI=1S/C19H27N3O2/c1-13-9-11-22(12-10-13)19(24)14(2)20-16-5-7-17(8-6-16)21-18(23)15-3-4-15/h5-8,13-15,20H,3-4,9-12H2,1-2H3,(H,21,23). The van der Waals surface area contributed by atoms with Crippen LogP contribution in [0.25, 0.3) is 0 Å². The molecule has 5 nitrogen and oxygen atoms in total. The number of carbonyl (C=O) groups is 2. The number of likely N-dealkylation sites (tertiary alicyclic amines) is 1. The van der Waals surface area contributed by atoms with Crippen molar-refractivity contribution in [3.05, 3.63) is 24.3 Å². The smallest absolute Gasteiger partial charge is 0.244 e. The van der Waals surface area contributed by atoms with Crippen LogP contribution >= 0.6 is 0 Å². The molecule has 1 aliphatic carbocycles. The molecule has 1 aromatic carbocycles. The molecule has 0 aromatic heterocycles. The fraction of sp³-hybridized carbons (Fsp3) is 0.579. The highest BCUT2D eigenvalue weighted by atomic mass is 16.2. The normalized spacial score (nSPS) is 19.7. The SMILES string of the molecule is CC1CCN(C(=O)C(C)Nc2ccc(NC(=O)C3CC3)cc2)CC1. The zero-order valence-corrected chi connectivity index (χ0v) is 14.5. The number of hydrogen-bond acceptors (Lipinski definition) is 3. The molecule has 5 heteroatoms. The van der Waals surface area contributed by atoms with E-state index in [9.17, 15) is 9.59 Å². The summed E-state index contributed by atoms with van der Waals surface area (Å²) < 4.78 is 0. The first-order valence-corrected chi connectivity index (χ1v) is 8.99. The van der Waals surface area contributed by atoms with Crippen molar-refractivity contribution in [2.45, 2.75) is 45.6 Å². The van der Waals surface area contributed by atoms with Crippen LogP contribution < -0.4 is 10.6 Å². The van der Waals surface area contributed by atoms with Crippen LogP contribution in [0.15, 0.2) is 24.3 Å². The van der Waals surface area contributed by atoms with Gasteiger partial charge in [-0.25, -0.2) is 0 Å². The summed E-state index contributed by atoms with van der Waals surface area (Å²) in [7, 11) is 0. The van der Waals surface area contributed by atoms with Crippen molar-refractivity contribution in [3.63, 3.8) is 0 Å². The van der Waals surface area contributed by atoms with Gasteiger partial charge in [0.1, 0.15) is 6.04 Å². The van der Waals surface area contributed by atoms with Crippen molar-refractivity contribution in [1.29, 1.82) is 0 Å². The van der Waals surface area contributed by atoms with Gasteiger partial charge >= 0.3 is 0 Å². The largest absolute Gasteiger partial charge is 0.374 e. The molecule has 2 aliphatic rings. The Bertz CT molecular complexity index is 587. The van der Waals surface area contributed by atoms with E-state index in [1.54, 1.807) is 0 Å². The molecule has 1 unspecified atom stereocenters. The first-order valence-electron chi connectivity index (χ1n) is 8.99. The minimum atomic E-state index is -0.245. The minimum absolute atomic E-state index is 0.110. The molecule has 0 radical (unpaired) electrons. The lowest BCUT2D eigenvalue weighted by Gasteiger charge is -2.32. The summed E-state index contributed by atoms with van der Waals surface area (Å²) in [6.45, 7) is 5.87. The summed E-state index contributed by atoms with van der Waals surface area (Å²) in [6.07, 6.45) is 4.18.